The van der Waals surface area contributed by atoms with E-state index in [1.54, 1.807) is 24.1 Å². The minimum atomic E-state index is -1.08. The van der Waals surface area contributed by atoms with E-state index < -0.39 is 24.0 Å². The molecule has 0 spiro atoms. The van der Waals surface area contributed by atoms with Crippen molar-refractivity contribution in [3.05, 3.63) is 18.2 Å². The highest BCUT2D eigenvalue weighted by Gasteiger charge is 2.27. The van der Waals surface area contributed by atoms with Crippen LogP contribution in [0.5, 0.6) is 0 Å². The molecule has 0 saturated heterocycles. The van der Waals surface area contributed by atoms with Crippen LogP contribution in [-0.4, -0.2) is 44.5 Å². The molecule has 0 bridgehead atoms. The number of aryl methyl sites for hydroxylation is 1. The molecule has 1 rings (SSSR count). The number of carboxylic acids is 1. The molecule has 0 aliphatic carbocycles. The molecule has 0 radical (unpaired) electrons. The van der Waals surface area contributed by atoms with Crippen LogP contribution in [-0.2, 0) is 27.9 Å². The van der Waals surface area contributed by atoms with Gasteiger partial charge >= 0.3 is 5.97 Å². The van der Waals surface area contributed by atoms with Crippen LogP contribution in [0.1, 0.15) is 46.2 Å². The van der Waals surface area contributed by atoms with Crippen LogP contribution in [0.4, 0.5) is 0 Å². The zero-order valence-corrected chi connectivity index (χ0v) is 15.5. The Labute approximate surface area is 148 Å². The predicted octanol–water partition coefficient (Wildman–Crippen LogP) is 0.863. The molecule has 2 atom stereocenters. The summed E-state index contributed by atoms with van der Waals surface area (Å²) in [6, 6.07) is -1.85. The summed E-state index contributed by atoms with van der Waals surface area (Å²) in [7, 11) is 1.79. The summed E-state index contributed by atoms with van der Waals surface area (Å²) in [5.41, 5.74) is 0.722. The van der Waals surface area contributed by atoms with E-state index in [2.05, 4.69) is 15.6 Å². The van der Waals surface area contributed by atoms with Gasteiger partial charge in [-0.3, -0.25) is 9.59 Å². The van der Waals surface area contributed by atoms with Crippen LogP contribution >= 0.6 is 0 Å². The molecule has 0 aliphatic heterocycles. The highest BCUT2D eigenvalue weighted by Crippen LogP contribution is 2.21. The molecule has 2 amide bonds. The number of rotatable bonds is 8. The van der Waals surface area contributed by atoms with Crippen LogP contribution in [0.2, 0.25) is 0 Å². The second kappa shape index (κ2) is 8.64. The molecule has 0 fully saturated rings. The number of nitrogens with zero attached hydrogens (tertiary/aromatic N) is 2. The topological polar surface area (TPSA) is 113 Å². The molecule has 8 nitrogen and oxygen atoms in total. The maximum Gasteiger partial charge on any atom is 0.326 e. The SMILES string of the molecule is CC(=O)N[C@@H](Cc1cncn1C)C(=O)N[C@@H](CCC(C)(C)C)C(=O)O. The van der Waals surface area contributed by atoms with Crippen molar-refractivity contribution in [2.24, 2.45) is 12.5 Å². The number of imidazole rings is 1. The minimum Gasteiger partial charge on any atom is -0.480 e. The first-order valence-corrected chi connectivity index (χ1v) is 8.25. The van der Waals surface area contributed by atoms with Crippen LogP contribution in [0.3, 0.4) is 0 Å². The number of nitrogens with one attached hydrogen (secondary N) is 2. The van der Waals surface area contributed by atoms with Gasteiger partial charge in [-0.15, -0.1) is 0 Å². The fourth-order valence-electron chi connectivity index (χ4n) is 2.35. The first kappa shape index (κ1) is 20.7. The lowest BCUT2D eigenvalue weighted by Crippen LogP contribution is -2.52. The lowest BCUT2D eigenvalue weighted by molar-refractivity contribution is -0.142. The van der Waals surface area contributed by atoms with E-state index in [4.69, 9.17) is 0 Å². The van der Waals surface area contributed by atoms with E-state index in [9.17, 15) is 19.5 Å². The fourth-order valence-corrected chi connectivity index (χ4v) is 2.35. The number of carboxylic acid groups (broad SMARTS) is 1. The lowest BCUT2D eigenvalue weighted by Gasteiger charge is -2.24. The summed E-state index contributed by atoms with van der Waals surface area (Å²) >= 11 is 0. The smallest absolute Gasteiger partial charge is 0.326 e. The van der Waals surface area contributed by atoms with Crippen molar-refractivity contribution in [1.82, 2.24) is 20.2 Å². The molecular weight excluding hydrogens is 324 g/mol. The summed E-state index contributed by atoms with van der Waals surface area (Å²) in [4.78, 5) is 39.4. The monoisotopic (exact) mass is 352 g/mol. The van der Waals surface area contributed by atoms with Gasteiger partial charge in [0.1, 0.15) is 12.1 Å². The summed E-state index contributed by atoms with van der Waals surface area (Å²) in [6.07, 6.45) is 4.41. The highest BCUT2D eigenvalue weighted by atomic mass is 16.4. The Balaban J connectivity index is 2.82. The quantitative estimate of drug-likeness (QED) is 0.642. The van der Waals surface area contributed by atoms with Gasteiger partial charge in [-0.2, -0.15) is 0 Å². The van der Waals surface area contributed by atoms with E-state index in [1.165, 1.54) is 6.92 Å². The Bertz CT molecular complexity index is 618. The molecule has 0 aromatic carbocycles. The second-order valence-corrected chi connectivity index (χ2v) is 7.45. The Morgan fingerprint density at radius 2 is 1.88 bits per heavy atom. The summed E-state index contributed by atoms with van der Waals surface area (Å²) < 4.78 is 1.75. The van der Waals surface area contributed by atoms with Crippen molar-refractivity contribution in [3.8, 4) is 0 Å². The van der Waals surface area contributed by atoms with Crippen molar-refractivity contribution >= 4 is 17.8 Å². The van der Waals surface area contributed by atoms with Gasteiger partial charge in [0.05, 0.1) is 6.33 Å². The van der Waals surface area contributed by atoms with Gasteiger partial charge in [-0.05, 0) is 18.3 Å². The molecular formula is C17H28N4O4. The van der Waals surface area contributed by atoms with E-state index >= 15 is 0 Å². The Morgan fingerprint density at radius 1 is 1.24 bits per heavy atom. The molecule has 0 aliphatic rings. The van der Waals surface area contributed by atoms with Crippen LogP contribution in [0, 0.1) is 5.41 Å². The highest BCUT2D eigenvalue weighted by molar-refractivity contribution is 5.90. The number of carbonyl (C=O) groups is 3. The molecule has 8 heteroatoms. The molecule has 3 N–H and O–H groups in total. The third-order valence-electron chi connectivity index (χ3n) is 3.82. The summed E-state index contributed by atoms with van der Waals surface area (Å²) in [6.45, 7) is 7.35. The number of amides is 2. The van der Waals surface area contributed by atoms with Gasteiger partial charge in [-0.1, -0.05) is 20.8 Å². The molecule has 1 aromatic rings. The van der Waals surface area contributed by atoms with Crippen molar-refractivity contribution in [2.75, 3.05) is 0 Å². The zero-order chi connectivity index (χ0) is 19.2. The fraction of sp³-hybridized carbons (Fsp3) is 0.647. The molecule has 25 heavy (non-hydrogen) atoms. The average Bonchev–Trinajstić information content (AvgIpc) is 2.86. The largest absolute Gasteiger partial charge is 0.480 e. The number of aliphatic carboxylic acids is 1. The predicted molar refractivity (Wildman–Crippen MR) is 92.8 cm³/mol. The van der Waals surface area contributed by atoms with E-state index in [0.717, 1.165) is 5.69 Å². The number of hydrogen-bond acceptors (Lipinski definition) is 4. The Morgan fingerprint density at radius 3 is 2.32 bits per heavy atom. The summed E-state index contributed by atoms with van der Waals surface area (Å²) in [5, 5.41) is 14.5. The van der Waals surface area contributed by atoms with Crippen molar-refractivity contribution in [2.45, 2.75) is 59.0 Å². The van der Waals surface area contributed by atoms with Gasteiger partial charge in [0, 0.05) is 32.3 Å². The standard InChI is InChI=1S/C17H28N4O4/c1-11(22)19-14(8-12-9-18-10-21(12)5)15(23)20-13(16(24)25)6-7-17(2,3)4/h9-10,13-14H,6-8H2,1-5H3,(H,19,22)(H,20,23)(H,24,25)/t13-,14-/m0/s1. The van der Waals surface area contributed by atoms with Gasteiger partial charge in [0.15, 0.2) is 0 Å². The van der Waals surface area contributed by atoms with E-state index in [0.29, 0.717) is 12.8 Å². The normalized spacial score (nSPS) is 13.8. The van der Waals surface area contributed by atoms with Gasteiger partial charge in [-0.25, -0.2) is 9.78 Å². The van der Waals surface area contributed by atoms with Crippen LogP contribution in [0.25, 0.3) is 0 Å². The molecule has 1 aromatic heterocycles. The first-order valence-electron chi connectivity index (χ1n) is 8.25. The van der Waals surface area contributed by atoms with E-state index in [1.807, 2.05) is 20.8 Å². The number of hydrogen-bond donors (Lipinski definition) is 3. The minimum absolute atomic E-state index is 0.0375. The Hall–Kier alpha value is -2.38. The maximum absolute atomic E-state index is 12.5. The van der Waals surface area contributed by atoms with Crippen molar-refractivity contribution < 1.29 is 19.5 Å². The van der Waals surface area contributed by atoms with Gasteiger partial charge in [0.25, 0.3) is 0 Å². The molecule has 0 unspecified atom stereocenters. The lowest BCUT2D eigenvalue weighted by atomic mass is 9.88. The van der Waals surface area contributed by atoms with Crippen LogP contribution in [0.15, 0.2) is 12.5 Å². The average molecular weight is 352 g/mol. The Kier molecular flexibility index (Phi) is 7.14. The second-order valence-electron chi connectivity index (χ2n) is 7.45. The van der Waals surface area contributed by atoms with E-state index in [-0.39, 0.29) is 17.7 Å². The summed E-state index contributed by atoms with van der Waals surface area (Å²) in [5.74, 6) is -1.96. The van der Waals surface area contributed by atoms with Crippen molar-refractivity contribution in [3.63, 3.8) is 0 Å². The maximum atomic E-state index is 12.5. The van der Waals surface area contributed by atoms with Crippen molar-refractivity contribution in [1.29, 1.82) is 0 Å². The third kappa shape index (κ3) is 7.36. The zero-order valence-electron chi connectivity index (χ0n) is 15.5. The molecule has 0 saturated carbocycles. The van der Waals surface area contributed by atoms with Crippen LogP contribution < -0.4 is 10.6 Å². The molecule has 1 heterocycles. The third-order valence-corrected chi connectivity index (χ3v) is 3.82. The molecule has 140 valence electrons. The first-order chi connectivity index (χ1) is 11.5. The van der Waals surface area contributed by atoms with Gasteiger partial charge < -0.3 is 20.3 Å². The number of aromatic nitrogens is 2. The van der Waals surface area contributed by atoms with Gasteiger partial charge in [0.2, 0.25) is 11.8 Å². The number of carbonyl (C=O) groups excluding carboxylic acids is 2.